The third kappa shape index (κ3) is 11.8. The number of piperidine rings is 2. The SMILES string of the molecule is C[C@H]1CCN(C(=O)C2CCN(C(=O)OCc3ccccc3)CC2)C1.N[C@H]1CCN(C(=O)C2CCN(C(=O)OCc3ccccc3)CC2)C1.S.S. The molecule has 0 unspecified atom stereocenters. The van der Waals surface area contributed by atoms with Crippen molar-refractivity contribution in [1.29, 1.82) is 0 Å². The van der Waals surface area contributed by atoms with E-state index in [2.05, 4.69) is 6.92 Å². The van der Waals surface area contributed by atoms with Gasteiger partial charge in [0.1, 0.15) is 13.2 Å². The van der Waals surface area contributed by atoms with Crippen molar-refractivity contribution in [2.75, 3.05) is 52.4 Å². The van der Waals surface area contributed by atoms with Gasteiger partial charge in [-0.25, -0.2) is 9.59 Å². The molecule has 276 valence electrons. The van der Waals surface area contributed by atoms with Crippen molar-refractivity contribution in [3.05, 3.63) is 71.8 Å². The minimum Gasteiger partial charge on any atom is -0.445 e. The first-order chi connectivity index (χ1) is 23.3. The number of ether oxygens (including phenoxy) is 2. The van der Waals surface area contributed by atoms with Gasteiger partial charge in [0.05, 0.1) is 0 Å². The maximum Gasteiger partial charge on any atom is 0.410 e. The third-order valence-corrected chi connectivity index (χ3v) is 9.89. The lowest BCUT2D eigenvalue weighted by Gasteiger charge is -2.32. The molecule has 4 aliphatic heterocycles. The fourth-order valence-electron chi connectivity index (χ4n) is 6.88. The normalized spacial score (nSPS) is 20.9. The zero-order valence-corrected chi connectivity index (χ0v) is 31.2. The Morgan fingerprint density at radius 3 is 1.32 bits per heavy atom. The van der Waals surface area contributed by atoms with Crippen molar-refractivity contribution in [2.24, 2.45) is 23.5 Å². The molecule has 0 radical (unpaired) electrons. The van der Waals surface area contributed by atoms with Gasteiger partial charge in [-0.3, -0.25) is 9.59 Å². The lowest BCUT2D eigenvalue weighted by molar-refractivity contribution is -0.136. The van der Waals surface area contributed by atoms with Crippen LogP contribution in [-0.4, -0.2) is 102 Å². The van der Waals surface area contributed by atoms with Crippen LogP contribution in [0, 0.1) is 17.8 Å². The number of carbonyl (C=O) groups is 4. The molecule has 11 nitrogen and oxygen atoms in total. The van der Waals surface area contributed by atoms with Crippen molar-refractivity contribution in [1.82, 2.24) is 19.6 Å². The summed E-state index contributed by atoms with van der Waals surface area (Å²) in [7, 11) is 0. The molecular formula is C37H55N5O6S2. The van der Waals surface area contributed by atoms with Crippen LogP contribution in [0.5, 0.6) is 0 Å². The molecule has 0 spiro atoms. The molecule has 4 fully saturated rings. The van der Waals surface area contributed by atoms with Gasteiger partial charge in [-0.15, -0.1) is 0 Å². The number of hydrogen-bond donors (Lipinski definition) is 1. The summed E-state index contributed by atoms with van der Waals surface area (Å²) in [6, 6.07) is 19.4. The molecular weight excluding hydrogens is 675 g/mol. The molecule has 0 aromatic heterocycles. The zero-order valence-electron chi connectivity index (χ0n) is 29.2. The number of hydrogen-bond acceptors (Lipinski definition) is 7. The molecule has 2 N–H and O–H groups in total. The summed E-state index contributed by atoms with van der Waals surface area (Å²) in [6.07, 6.45) is 4.30. The van der Waals surface area contributed by atoms with E-state index in [1.54, 1.807) is 9.80 Å². The average molecular weight is 730 g/mol. The van der Waals surface area contributed by atoms with Crippen molar-refractivity contribution in [3.8, 4) is 0 Å². The topological polar surface area (TPSA) is 126 Å². The van der Waals surface area contributed by atoms with Crippen LogP contribution >= 0.6 is 27.0 Å². The molecule has 6 rings (SSSR count). The van der Waals surface area contributed by atoms with E-state index in [4.69, 9.17) is 15.2 Å². The quantitative estimate of drug-likeness (QED) is 0.456. The van der Waals surface area contributed by atoms with Gasteiger partial charge in [-0.05, 0) is 55.6 Å². The van der Waals surface area contributed by atoms with Crippen LogP contribution in [0.3, 0.4) is 0 Å². The maximum absolute atomic E-state index is 12.5. The molecule has 0 aliphatic carbocycles. The van der Waals surface area contributed by atoms with Crippen molar-refractivity contribution < 1.29 is 28.7 Å². The Hall–Kier alpha value is -3.42. The van der Waals surface area contributed by atoms with Crippen LogP contribution in [0.15, 0.2) is 60.7 Å². The molecule has 4 aliphatic rings. The van der Waals surface area contributed by atoms with Crippen LogP contribution in [-0.2, 0) is 32.3 Å². The van der Waals surface area contributed by atoms with Crippen molar-refractivity contribution in [2.45, 2.75) is 64.7 Å². The van der Waals surface area contributed by atoms with E-state index in [0.717, 1.165) is 56.4 Å². The van der Waals surface area contributed by atoms with Gasteiger partial charge in [0.25, 0.3) is 0 Å². The first kappa shape index (κ1) is 41.0. The van der Waals surface area contributed by atoms with Gasteiger partial charge in [0.15, 0.2) is 0 Å². The summed E-state index contributed by atoms with van der Waals surface area (Å²) in [6.45, 7) is 8.33. The summed E-state index contributed by atoms with van der Waals surface area (Å²) >= 11 is 0. The first-order valence-corrected chi connectivity index (χ1v) is 17.5. The third-order valence-electron chi connectivity index (χ3n) is 9.89. The highest BCUT2D eigenvalue weighted by molar-refractivity contribution is 7.59. The minimum absolute atomic E-state index is 0. The van der Waals surface area contributed by atoms with Gasteiger partial charge in [0.2, 0.25) is 11.8 Å². The van der Waals surface area contributed by atoms with Crippen molar-refractivity contribution >= 4 is 51.0 Å². The van der Waals surface area contributed by atoms with E-state index >= 15 is 0 Å². The summed E-state index contributed by atoms with van der Waals surface area (Å²) < 4.78 is 10.7. The number of amides is 4. The summed E-state index contributed by atoms with van der Waals surface area (Å²) in [5, 5.41) is 0. The van der Waals surface area contributed by atoms with Gasteiger partial charge in [0, 0.05) is 70.2 Å². The Labute approximate surface area is 310 Å². The highest BCUT2D eigenvalue weighted by Gasteiger charge is 2.34. The highest BCUT2D eigenvalue weighted by atomic mass is 32.1. The van der Waals surface area contributed by atoms with Crippen LogP contribution < -0.4 is 5.73 Å². The lowest BCUT2D eigenvalue weighted by atomic mass is 9.95. The second-order valence-electron chi connectivity index (χ2n) is 13.6. The van der Waals surface area contributed by atoms with Crippen LogP contribution in [0.25, 0.3) is 0 Å². The first-order valence-electron chi connectivity index (χ1n) is 17.5. The van der Waals surface area contributed by atoms with E-state index < -0.39 is 0 Å². The second-order valence-corrected chi connectivity index (χ2v) is 13.6. The van der Waals surface area contributed by atoms with Gasteiger partial charge < -0.3 is 34.8 Å². The molecule has 13 heteroatoms. The Balaban J connectivity index is 0.000000260. The molecule has 4 heterocycles. The fraction of sp³-hybridized carbons (Fsp3) is 0.568. The maximum atomic E-state index is 12.5. The number of likely N-dealkylation sites (tertiary alicyclic amines) is 4. The largest absolute Gasteiger partial charge is 0.445 e. The minimum atomic E-state index is -0.298. The van der Waals surface area contributed by atoms with E-state index in [1.165, 1.54) is 0 Å². The smallest absolute Gasteiger partial charge is 0.410 e. The molecule has 2 aromatic rings. The van der Waals surface area contributed by atoms with E-state index in [9.17, 15) is 19.2 Å². The molecule has 50 heavy (non-hydrogen) atoms. The Bertz CT molecular complexity index is 1250. The second kappa shape index (κ2) is 20.4. The number of benzene rings is 2. The van der Waals surface area contributed by atoms with Crippen LogP contribution in [0.1, 0.15) is 56.6 Å². The Morgan fingerprint density at radius 1 is 0.580 bits per heavy atom. The average Bonchev–Trinajstić information content (AvgIpc) is 3.78. The lowest BCUT2D eigenvalue weighted by Crippen LogP contribution is -2.44. The zero-order chi connectivity index (χ0) is 33.9. The standard InChI is InChI=1S/C19H26N2O3.C18H25N3O3.2H2S/c1-15-7-10-21(13-15)18(22)17-8-11-20(12-9-17)19(23)24-14-16-5-3-2-4-6-16;19-16-8-11-21(12-16)17(22)15-6-9-20(10-7-15)18(23)24-13-14-4-2-1-3-5-14;;/h2-6,15,17H,7-14H2,1H3;1-5,15-16H,6-13,19H2;2*1H2/t15-;16-;;/m00../s1. The van der Waals surface area contributed by atoms with Gasteiger partial charge in [-0.1, -0.05) is 67.6 Å². The van der Waals surface area contributed by atoms with E-state index in [-0.39, 0.29) is 75.5 Å². The Morgan fingerprint density at radius 2 is 0.960 bits per heavy atom. The molecule has 2 aromatic carbocycles. The molecule has 2 atom stereocenters. The van der Waals surface area contributed by atoms with Gasteiger partial charge in [-0.2, -0.15) is 27.0 Å². The molecule has 0 bridgehead atoms. The number of rotatable bonds is 6. The summed E-state index contributed by atoms with van der Waals surface area (Å²) in [4.78, 5) is 56.6. The molecule has 4 saturated heterocycles. The summed E-state index contributed by atoms with van der Waals surface area (Å²) in [5.41, 5.74) is 7.83. The number of carbonyl (C=O) groups excluding carboxylic acids is 4. The predicted octanol–water partition coefficient (Wildman–Crippen LogP) is 4.72. The van der Waals surface area contributed by atoms with E-state index in [1.807, 2.05) is 70.5 Å². The summed E-state index contributed by atoms with van der Waals surface area (Å²) in [5.74, 6) is 1.15. The van der Waals surface area contributed by atoms with Gasteiger partial charge >= 0.3 is 12.2 Å². The highest BCUT2D eigenvalue weighted by Crippen LogP contribution is 2.25. The Kier molecular flexibility index (Phi) is 16.8. The van der Waals surface area contributed by atoms with Crippen LogP contribution in [0.2, 0.25) is 0 Å². The van der Waals surface area contributed by atoms with E-state index in [0.29, 0.717) is 58.1 Å². The monoisotopic (exact) mass is 729 g/mol. The fourth-order valence-corrected chi connectivity index (χ4v) is 6.88. The predicted molar refractivity (Wildman–Crippen MR) is 202 cm³/mol. The number of nitrogens with two attached hydrogens (primary N) is 1. The number of nitrogens with zero attached hydrogens (tertiary/aromatic N) is 4. The van der Waals surface area contributed by atoms with Crippen LogP contribution in [0.4, 0.5) is 9.59 Å². The molecule has 4 amide bonds. The molecule has 0 saturated carbocycles. The van der Waals surface area contributed by atoms with Crippen molar-refractivity contribution in [3.63, 3.8) is 0 Å².